The quantitative estimate of drug-likeness (QED) is 0.874. The molecule has 2 N–H and O–H groups in total. The molecule has 9 heteroatoms. The van der Waals surface area contributed by atoms with E-state index in [-0.39, 0.29) is 12.5 Å². The molecule has 3 rings (SSSR count). The molecule has 2 fully saturated rings. The maximum absolute atomic E-state index is 14.6. The number of carbonyl (C=O) groups is 2. The Kier molecular flexibility index (Phi) is 4.68. The van der Waals surface area contributed by atoms with Crippen LogP contribution in [0.3, 0.4) is 0 Å². The van der Waals surface area contributed by atoms with E-state index in [1.165, 1.54) is 11.0 Å². The molecule has 2 heterocycles. The van der Waals surface area contributed by atoms with E-state index in [4.69, 9.17) is 10.5 Å². The summed E-state index contributed by atoms with van der Waals surface area (Å²) < 4.78 is 35.6. The van der Waals surface area contributed by atoms with Crippen molar-refractivity contribution >= 4 is 27.4 Å². The lowest BCUT2D eigenvalue weighted by Crippen LogP contribution is -2.32. The zero-order valence-electron chi connectivity index (χ0n) is 13.8. The number of primary amides is 1. The van der Waals surface area contributed by atoms with Crippen LogP contribution in [0.15, 0.2) is 22.6 Å². The van der Waals surface area contributed by atoms with Gasteiger partial charge in [-0.1, -0.05) is 6.07 Å². The molecule has 0 aliphatic carbocycles. The number of anilines is 1. The third-order valence-corrected chi connectivity index (χ3v) is 7.18. The highest BCUT2D eigenvalue weighted by molar-refractivity contribution is 7.93. The highest BCUT2D eigenvalue weighted by Crippen LogP contribution is 2.33. The lowest BCUT2D eigenvalue weighted by Gasteiger charge is -2.25. The molecule has 1 aromatic carbocycles. The van der Waals surface area contributed by atoms with Crippen LogP contribution in [-0.2, 0) is 19.3 Å². The second-order valence-electron chi connectivity index (χ2n) is 6.23. The van der Waals surface area contributed by atoms with Crippen molar-refractivity contribution < 1.29 is 22.9 Å². The third-order valence-electron chi connectivity index (χ3n) is 4.77. The fourth-order valence-corrected chi connectivity index (χ4v) is 5.10. The van der Waals surface area contributed by atoms with E-state index in [2.05, 4.69) is 4.36 Å². The second kappa shape index (κ2) is 6.62. The molecule has 0 unspecified atom stereocenters. The minimum Gasteiger partial charge on any atom is -0.434 e. The smallest absolute Gasteiger partial charge is 0.415 e. The molecule has 25 heavy (non-hydrogen) atoms. The van der Waals surface area contributed by atoms with Crippen LogP contribution in [0, 0.1) is 5.82 Å². The van der Waals surface area contributed by atoms with Crippen LogP contribution in [0.25, 0.3) is 0 Å². The molecular weight excluding hydrogens is 349 g/mol. The average Bonchev–Trinajstić information content (AvgIpc) is 2.98. The summed E-state index contributed by atoms with van der Waals surface area (Å²) in [6.07, 6.45) is -0.526. The van der Waals surface area contributed by atoms with Crippen LogP contribution in [0.1, 0.15) is 24.3 Å². The Balaban J connectivity index is 1.77. The first kappa shape index (κ1) is 17.7. The van der Waals surface area contributed by atoms with Crippen LogP contribution in [0.2, 0.25) is 0 Å². The molecule has 0 bridgehead atoms. The predicted molar refractivity (Wildman–Crippen MR) is 91.4 cm³/mol. The van der Waals surface area contributed by atoms with Crippen molar-refractivity contribution in [1.82, 2.24) is 0 Å². The second-order valence-corrected chi connectivity index (χ2v) is 8.96. The maximum atomic E-state index is 14.6. The molecule has 1 aromatic rings. The molecule has 2 aliphatic heterocycles. The molecule has 0 spiro atoms. The van der Waals surface area contributed by atoms with Crippen molar-refractivity contribution in [2.75, 3.05) is 30.0 Å². The Labute approximate surface area is 145 Å². The first-order valence-electron chi connectivity index (χ1n) is 8.00. The molecule has 1 atom stereocenters. The molecule has 0 aromatic heterocycles. The first-order valence-corrected chi connectivity index (χ1v) is 9.86. The Bertz CT molecular complexity index is 821. The summed E-state index contributed by atoms with van der Waals surface area (Å²) in [4.78, 5) is 24.2. The minimum atomic E-state index is -2.14. The molecular formula is C16H20FN3O4S. The Hall–Kier alpha value is -2.16. The number of amides is 2. The number of hydrogen-bond donors (Lipinski definition) is 1. The maximum Gasteiger partial charge on any atom is 0.415 e. The van der Waals surface area contributed by atoms with Gasteiger partial charge in [-0.2, -0.15) is 0 Å². The highest BCUT2D eigenvalue weighted by atomic mass is 32.2. The average molecular weight is 369 g/mol. The normalized spacial score (nSPS) is 29.4. The Morgan fingerprint density at radius 1 is 1.40 bits per heavy atom. The van der Waals surface area contributed by atoms with Gasteiger partial charge in [0.15, 0.2) is 6.10 Å². The first-order chi connectivity index (χ1) is 11.8. The lowest BCUT2D eigenvalue weighted by molar-refractivity contribution is -0.124. The minimum absolute atomic E-state index is 0.0192. The van der Waals surface area contributed by atoms with Gasteiger partial charge in [0.2, 0.25) is 0 Å². The van der Waals surface area contributed by atoms with Gasteiger partial charge in [-0.25, -0.2) is 17.8 Å². The van der Waals surface area contributed by atoms with Gasteiger partial charge in [-0.15, -0.1) is 0 Å². The van der Waals surface area contributed by atoms with Crippen molar-refractivity contribution in [2.24, 2.45) is 10.1 Å². The number of rotatable bonds is 3. The molecule has 0 saturated carbocycles. The molecule has 0 radical (unpaired) electrons. The van der Waals surface area contributed by atoms with E-state index in [1.54, 1.807) is 19.2 Å². The molecule has 136 valence electrons. The zero-order valence-corrected chi connectivity index (χ0v) is 14.6. The summed E-state index contributed by atoms with van der Waals surface area (Å²) >= 11 is 0. The lowest BCUT2D eigenvalue weighted by atomic mass is 9.93. The number of cyclic esters (lactones) is 1. The largest absolute Gasteiger partial charge is 0.434 e. The summed E-state index contributed by atoms with van der Waals surface area (Å²) in [5, 5.41) is 0. The predicted octanol–water partition coefficient (Wildman–Crippen LogP) is 1.61. The van der Waals surface area contributed by atoms with E-state index < -0.39 is 33.7 Å². The molecule has 2 saturated heterocycles. The van der Waals surface area contributed by atoms with Gasteiger partial charge < -0.3 is 10.5 Å². The summed E-state index contributed by atoms with van der Waals surface area (Å²) in [7, 11) is -0.573. The zero-order chi connectivity index (χ0) is 18.2. The van der Waals surface area contributed by atoms with Crippen molar-refractivity contribution in [3.63, 3.8) is 0 Å². The summed E-state index contributed by atoms with van der Waals surface area (Å²) in [5.41, 5.74) is 6.00. The standard InChI is InChI=1S/C16H20FN3O4S/c1-19-25(23)6-4-10(5-7-25)12-3-2-11(8-13(12)17)20-9-14(15(18)21)24-16(20)22/h2-3,8,10,14H,4-7,9H2,1H3,(H2,18,21)/t10?,14-,25?/m1/s1. The Morgan fingerprint density at radius 2 is 2.08 bits per heavy atom. The fraction of sp³-hybridized carbons (Fsp3) is 0.500. The summed E-state index contributed by atoms with van der Waals surface area (Å²) in [6.45, 7) is -0.0313. The van der Waals surface area contributed by atoms with Crippen molar-refractivity contribution in [2.45, 2.75) is 24.9 Å². The molecule has 2 aliphatic rings. The monoisotopic (exact) mass is 369 g/mol. The van der Waals surface area contributed by atoms with E-state index in [9.17, 15) is 18.2 Å². The van der Waals surface area contributed by atoms with Gasteiger partial charge in [0.05, 0.1) is 12.2 Å². The van der Waals surface area contributed by atoms with Crippen molar-refractivity contribution in [1.29, 1.82) is 0 Å². The van der Waals surface area contributed by atoms with E-state index in [0.29, 0.717) is 35.6 Å². The molecule has 2 amide bonds. The van der Waals surface area contributed by atoms with E-state index >= 15 is 0 Å². The number of benzene rings is 1. The Morgan fingerprint density at radius 3 is 2.60 bits per heavy atom. The topological polar surface area (TPSA) is 102 Å². The van der Waals surface area contributed by atoms with Crippen LogP contribution in [0.4, 0.5) is 14.9 Å². The number of carbonyl (C=O) groups excluding carboxylic acids is 2. The number of nitrogens with two attached hydrogens (primary N) is 1. The van der Waals surface area contributed by atoms with Crippen molar-refractivity contribution in [3.8, 4) is 0 Å². The number of ether oxygens (including phenoxy) is 1. The summed E-state index contributed by atoms with van der Waals surface area (Å²) in [5.74, 6) is -0.253. The highest BCUT2D eigenvalue weighted by Gasteiger charge is 2.36. The van der Waals surface area contributed by atoms with Crippen LogP contribution in [0.5, 0.6) is 0 Å². The summed E-state index contributed by atoms with van der Waals surface area (Å²) in [6, 6.07) is 4.52. The van der Waals surface area contributed by atoms with E-state index in [1.807, 2.05) is 0 Å². The van der Waals surface area contributed by atoms with Gasteiger partial charge in [-0.05, 0) is 36.5 Å². The fourth-order valence-electron chi connectivity index (χ4n) is 3.23. The van der Waals surface area contributed by atoms with Crippen LogP contribution < -0.4 is 10.6 Å². The van der Waals surface area contributed by atoms with E-state index in [0.717, 1.165) is 0 Å². The van der Waals surface area contributed by atoms with Crippen LogP contribution >= 0.6 is 0 Å². The van der Waals surface area contributed by atoms with Gasteiger partial charge in [-0.3, -0.25) is 9.69 Å². The van der Waals surface area contributed by atoms with Crippen LogP contribution in [-0.4, -0.2) is 47.4 Å². The SMILES string of the molecule is CN=S1(=O)CCC(c2ccc(N3C[C@H](C(N)=O)OC3=O)cc2F)CC1. The molecule has 7 nitrogen and oxygen atoms in total. The van der Waals surface area contributed by atoms with Gasteiger partial charge in [0.25, 0.3) is 5.91 Å². The third kappa shape index (κ3) is 3.46. The van der Waals surface area contributed by atoms with Gasteiger partial charge in [0.1, 0.15) is 5.82 Å². The van der Waals surface area contributed by atoms with Gasteiger partial charge in [0, 0.05) is 28.3 Å². The van der Waals surface area contributed by atoms with Crippen molar-refractivity contribution in [3.05, 3.63) is 29.6 Å². The number of halogens is 1. The number of hydrogen-bond acceptors (Lipinski definition) is 5. The van der Waals surface area contributed by atoms with Gasteiger partial charge >= 0.3 is 6.09 Å². The number of nitrogens with zero attached hydrogens (tertiary/aromatic N) is 2.